The average molecular weight is 361 g/mol. The Kier molecular flexibility index (Phi) is 5.84. The molecular formula is C17H23N5O2S. The van der Waals surface area contributed by atoms with Gasteiger partial charge < -0.3 is 5.32 Å². The number of imide groups is 1. The summed E-state index contributed by atoms with van der Waals surface area (Å²) in [6.45, 7) is 9.41. The minimum absolute atomic E-state index is 0.0710. The minimum Gasteiger partial charge on any atom is -0.333 e. The number of aryl methyl sites for hydroxylation is 2. The van der Waals surface area contributed by atoms with Crippen molar-refractivity contribution in [1.29, 1.82) is 0 Å². The van der Waals surface area contributed by atoms with E-state index in [2.05, 4.69) is 20.8 Å². The van der Waals surface area contributed by atoms with E-state index in [4.69, 9.17) is 0 Å². The predicted octanol–water partition coefficient (Wildman–Crippen LogP) is 2.60. The van der Waals surface area contributed by atoms with E-state index in [1.165, 1.54) is 11.8 Å². The highest BCUT2D eigenvalue weighted by Gasteiger charge is 2.18. The molecule has 8 heteroatoms. The molecule has 1 aromatic carbocycles. The Hall–Kier alpha value is -2.35. The molecule has 134 valence electrons. The molecule has 0 aliphatic carbocycles. The van der Waals surface area contributed by atoms with Crippen LogP contribution in [0, 0.1) is 13.8 Å². The van der Waals surface area contributed by atoms with Gasteiger partial charge in [0.05, 0.1) is 11.4 Å². The lowest BCUT2D eigenvalue weighted by molar-refractivity contribution is -0.117. The molecule has 25 heavy (non-hydrogen) atoms. The third-order valence-corrected chi connectivity index (χ3v) is 4.15. The van der Waals surface area contributed by atoms with Crippen LogP contribution in [0.3, 0.4) is 0 Å². The molecular weight excluding hydrogens is 338 g/mol. The second kappa shape index (κ2) is 7.69. The van der Waals surface area contributed by atoms with Crippen LogP contribution in [0.4, 0.5) is 4.79 Å². The Morgan fingerprint density at radius 3 is 2.48 bits per heavy atom. The summed E-state index contributed by atoms with van der Waals surface area (Å²) in [5.41, 5.74) is 1.65. The Morgan fingerprint density at radius 1 is 1.16 bits per heavy atom. The summed E-state index contributed by atoms with van der Waals surface area (Å²) in [7, 11) is 0. The number of benzene rings is 1. The number of para-hydroxylation sites is 1. The largest absolute Gasteiger partial charge is 0.333 e. The first kappa shape index (κ1) is 19.0. The highest BCUT2D eigenvalue weighted by atomic mass is 32.2. The van der Waals surface area contributed by atoms with Crippen molar-refractivity contribution in [2.75, 3.05) is 5.75 Å². The molecule has 0 saturated heterocycles. The van der Waals surface area contributed by atoms with E-state index in [9.17, 15) is 9.59 Å². The summed E-state index contributed by atoms with van der Waals surface area (Å²) in [5.74, 6) is 0.424. The second-order valence-electron chi connectivity index (χ2n) is 6.69. The first-order chi connectivity index (χ1) is 11.7. The molecule has 0 atom stereocenters. The summed E-state index contributed by atoms with van der Waals surface area (Å²) < 4.78 is 1.91. The third-order valence-electron chi connectivity index (χ3n) is 3.23. The number of carbonyl (C=O) groups is 2. The Morgan fingerprint density at radius 2 is 1.84 bits per heavy atom. The van der Waals surface area contributed by atoms with Crippen molar-refractivity contribution in [2.45, 2.75) is 45.3 Å². The molecule has 0 fully saturated rings. The maximum absolute atomic E-state index is 12.0. The van der Waals surface area contributed by atoms with E-state index in [-0.39, 0.29) is 11.7 Å². The summed E-state index contributed by atoms with van der Waals surface area (Å²) in [5, 5.41) is 13.9. The second-order valence-corrected chi connectivity index (χ2v) is 7.64. The van der Waals surface area contributed by atoms with Gasteiger partial charge in [-0.3, -0.25) is 14.7 Å². The lowest BCUT2D eigenvalue weighted by Crippen LogP contribution is -2.48. The third kappa shape index (κ3) is 5.32. The van der Waals surface area contributed by atoms with Gasteiger partial charge >= 0.3 is 6.03 Å². The van der Waals surface area contributed by atoms with Crippen LogP contribution in [0.15, 0.2) is 29.4 Å². The van der Waals surface area contributed by atoms with Gasteiger partial charge in [-0.2, -0.15) is 0 Å². The van der Waals surface area contributed by atoms with E-state index < -0.39 is 11.6 Å². The monoisotopic (exact) mass is 361 g/mol. The van der Waals surface area contributed by atoms with Gasteiger partial charge in [-0.1, -0.05) is 30.0 Å². The number of carbonyl (C=O) groups excluding carboxylic acids is 2. The number of nitrogens with zero attached hydrogens (tertiary/aromatic N) is 3. The van der Waals surface area contributed by atoms with Gasteiger partial charge in [0.25, 0.3) is 0 Å². The molecule has 0 radical (unpaired) electrons. The van der Waals surface area contributed by atoms with Gasteiger partial charge in [0.2, 0.25) is 5.91 Å². The first-order valence-electron chi connectivity index (χ1n) is 7.90. The highest BCUT2D eigenvalue weighted by molar-refractivity contribution is 7.99. The predicted molar refractivity (Wildman–Crippen MR) is 98.0 cm³/mol. The fourth-order valence-electron chi connectivity index (χ4n) is 2.19. The van der Waals surface area contributed by atoms with Crippen LogP contribution in [0.1, 0.15) is 32.2 Å². The topological polar surface area (TPSA) is 88.9 Å². The zero-order chi connectivity index (χ0) is 18.6. The van der Waals surface area contributed by atoms with Crippen molar-refractivity contribution >= 4 is 23.7 Å². The summed E-state index contributed by atoms with van der Waals surface area (Å²) >= 11 is 1.24. The van der Waals surface area contributed by atoms with Gasteiger partial charge in [0, 0.05) is 5.54 Å². The number of nitrogens with one attached hydrogen (secondary N) is 2. The van der Waals surface area contributed by atoms with Crippen molar-refractivity contribution in [2.24, 2.45) is 0 Å². The highest BCUT2D eigenvalue weighted by Crippen LogP contribution is 2.23. The number of rotatable bonds is 4. The number of urea groups is 1. The lowest BCUT2D eigenvalue weighted by Gasteiger charge is -2.20. The van der Waals surface area contributed by atoms with Gasteiger partial charge in [-0.25, -0.2) is 4.79 Å². The molecule has 0 unspecified atom stereocenters. The van der Waals surface area contributed by atoms with Crippen molar-refractivity contribution < 1.29 is 9.59 Å². The van der Waals surface area contributed by atoms with E-state index in [0.29, 0.717) is 5.16 Å². The fraction of sp³-hybridized carbons (Fsp3) is 0.412. The van der Waals surface area contributed by atoms with Crippen LogP contribution >= 0.6 is 11.8 Å². The number of hydrogen-bond donors (Lipinski definition) is 2. The SMILES string of the molecule is Cc1ccccc1-n1c(C)nnc1SCC(=O)NC(=O)NC(C)(C)C. The lowest BCUT2D eigenvalue weighted by atomic mass is 10.1. The summed E-state index contributed by atoms with van der Waals surface area (Å²) in [6.07, 6.45) is 0. The van der Waals surface area contributed by atoms with Crippen LogP contribution < -0.4 is 10.6 Å². The molecule has 3 amide bonds. The van der Waals surface area contributed by atoms with Gasteiger partial charge in [0.15, 0.2) is 5.16 Å². The van der Waals surface area contributed by atoms with Crippen molar-refractivity contribution in [1.82, 2.24) is 25.4 Å². The summed E-state index contributed by atoms with van der Waals surface area (Å²) in [6, 6.07) is 7.39. The smallest absolute Gasteiger partial charge is 0.321 e. The van der Waals surface area contributed by atoms with Crippen LogP contribution in [-0.4, -0.2) is 38.0 Å². The van der Waals surface area contributed by atoms with E-state index in [1.807, 2.05) is 63.5 Å². The maximum atomic E-state index is 12.0. The molecule has 0 aliphatic rings. The van der Waals surface area contributed by atoms with Crippen LogP contribution in [0.2, 0.25) is 0 Å². The van der Waals surface area contributed by atoms with E-state index in [0.717, 1.165) is 17.1 Å². The van der Waals surface area contributed by atoms with Crippen molar-refractivity contribution in [3.8, 4) is 5.69 Å². The van der Waals surface area contributed by atoms with Gasteiger partial charge in [-0.15, -0.1) is 10.2 Å². The fourth-order valence-corrected chi connectivity index (χ4v) is 2.98. The first-order valence-corrected chi connectivity index (χ1v) is 8.89. The van der Waals surface area contributed by atoms with E-state index >= 15 is 0 Å². The molecule has 1 aromatic heterocycles. The molecule has 0 bridgehead atoms. The molecule has 1 heterocycles. The van der Waals surface area contributed by atoms with Gasteiger partial charge in [-0.05, 0) is 46.2 Å². The van der Waals surface area contributed by atoms with Crippen molar-refractivity contribution in [3.05, 3.63) is 35.7 Å². The molecule has 2 N–H and O–H groups in total. The van der Waals surface area contributed by atoms with Gasteiger partial charge in [0.1, 0.15) is 5.82 Å². The molecule has 2 rings (SSSR count). The Labute approximate surface area is 151 Å². The van der Waals surface area contributed by atoms with Crippen molar-refractivity contribution in [3.63, 3.8) is 0 Å². The number of hydrogen-bond acceptors (Lipinski definition) is 5. The van der Waals surface area contributed by atoms with Crippen LogP contribution in [0.5, 0.6) is 0 Å². The number of aromatic nitrogens is 3. The Balaban J connectivity index is 2.04. The number of thioether (sulfide) groups is 1. The van der Waals surface area contributed by atoms with Crippen LogP contribution in [0.25, 0.3) is 5.69 Å². The molecule has 0 saturated carbocycles. The number of amides is 3. The normalized spacial score (nSPS) is 11.2. The van der Waals surface area contributed by atoms with E-state index in [1.54, 1.807) is 0 Å². The molecule has 0 aliphatic heterocycles. The summed E-state index contributed by atoms with van der Waals surface area (Å²) in [4.78, 5) is 23.7. The maximum Gasteiger partial charge on any atom is 0.321 e. The molecule has 2 aromatic rings. The quantitative estimate of drug-likeness (QED) is 0.817. The molecule has 7 nitrogen and oxygen atoms in total. The Bertz CT molecular complexity index is 780. The minimum atomic E-state index is -0.505. The average Bonchev–Trinajstić information content (AvgIpc) is 2.84. The zero-order valence-electron chi connectivity index (χ0n) is 15.1. The standard InChI is InChI=1S/C17H23N5O2S/c1-11-8-6-7-9-13(11)22-12(2)20-21-16(22)25-10-14(23)18-15(24)19-17(3,4)5/h6-9H,10H2,1-5H3,(H2,18,19,23,24). The zero-order valence-corrected chi connectivity index (χ0v) is 15.9. The molecule has 0 spiro atoms. The van der Waals surface area contributed by atoms with Crippen LogP contribution in [-0.2, 0) is 4.79 Å².